The van der Waals surface area contributed by atoms with Gasteiger partial charge >= 0.3 is 0 Å². The number of pyridine rings is 1. The van der Waals surface area contributed by atoms with Crippen molar-refractivity contribution in [2.24, 2.45) is 0 Å². The Balaban J connectivity index is 1.05. The van der Waals surface area contributed by atoms with Crippen LogP contribution in [0.3, 0.4) is 0 Å². The largest absolute Gasteiger partial charge is 0.256 e. The molecular weight excluding hydrogens is 607 g/mol. The van der Waals surface area contributed by atoms with Crippen molar-refractivity contribution >= 4 is 21.7 Å². The Morgan fingerprint density at radius 1 is 0.320 bits per heavy atom. The van der Waals surface area contributed by atoms with E-state index < -0.39 is 0 Å². The molecule has 7 aromatic carbocycles. The first kappa shape index (κ1) is 29.4. The van der Waals surface area contributed by atoms with Crippen molar-refractivity contribution in [2.75, 3.05) is 0 Å². The van der Waals surface area contributed by atoms with E-state index in [1.165, 1.54) is 27.5 Å². The van der Waals surface area contributed by atoms with Crippen molar-refractivity contribution in [3.05, 3.63) is 188 Å². The minimum Gasteiger partial charge on any atom is -0.256 e. The topological polar surface area (TPSA) is 38.7 Å². The fraction of sp³-hybridized carbons (Fsp3) is 0. The standard InChI is InChI=1S/C47H31N3/c1-3-10-36(11-4-1)45-30-46(50-47(49-45)38-12-5-2-6-13-38)37-25-22-35(23-26-37)42-16-9-15-34-24-27-39(29-43(34)42)32-18-20-33(21-19-32)41-28-40-14-7-8-17-44(40)48-31-41/h1-31H. The summed E-state index contributed by atoms with van der Waals surface area (Å²) in [7, 11) is 0. The number of nitrogens with zero attached hydrogens (tertiary/aromatic N) is 3. The zero-order chi connectivity index (χ0) is 33.3. The molecule has 0 aliphatic rings. The predicted octanol–water partition coefficient (Wildman–Crippen LogP) is 12.2. The average molecular weight is 638 g/mol. The summed E-state index contributed by atoms with van der Waals surface area (Å²) < 4.78 is 0. The smallest absolute Gasteiger partial charge is 0.160 e. The molecule has 234 valence electrons. The Kier molecular flexibility index (Phi) is 7.49. The second kappa shape index (κ2) is 12.7. The first-order valence-electron chi connectivity index (χ1n) is 16.8. The minimum absolute atomic E-state index is 0.717. The van der Waals surface area contributed by atoms with Crippen molar-refractivity contribution < 1.29 is 0 Å². The molecule has 0 fully saturated rings. The summed E-state index contributed by atoms with van der Waals surface area (Å²) in [5.74, 6) is 0.717. The van der Waals surface area contributed by atoms with Gasteiger partial charge in [-0.1, -0.05) is 158 Å². The summed E-state index contributed by atoms with van der Waals surface area (Å²) in [6.45, 7) is 0. The first-order chi connectivity index (χ1) is 24.7. The van der Waals surface area contributed by atoms with Crippen LogP contribution in [0.5, 0.6) is 0 Å². The molecule has 2 aromatic heterocycles. The third kappa shape index (κ3) is 5.72. The second-order valence-corrected chi connectivity index (χ2v) is 12.5. The van der Waals surface area contributed by atoms with Crippen molar-refractivity contribution in [3.63, 3.8) is 0 Å². The Morgan fingerprint density at radius 3 is 1.62 bits per heavy atom. The first-order valence-corrected chi connectivity index (χ1v) is 16.8. The number of benzene rings is 7. The van der Waals surface area contributed by atoms with E-state index in [2.05, 4.69) is 138 Å². The molecule has 0 aliphatic heterocycles. The van der Waals surface area contributed by atoms with Gasteiger partial charge in [0, 0.05) is 33.8 Å². The predicted molar refractivity (Wildman–Crippen MR) is 207 cm³/mol. The average Bonchev–Trinajstić information content (AvgIpc) is 3.21. The molecule has 0 atom stereocenters. The molecule has 0 N–H and O–H groups in total. The van der Waals surface area contributed by atoms with Crippen molar-refractivity contribution in [1.29, 1.82) is 0 Å². The van der Waals surface area contributed by atoms with Crippen LogP contribution in [-0.2, 0) is 0 Å². The SMILES string of the molecule is c1ccc(-c2cc(-c3ccc(-c4cccc5ccc(-c6ccc(-c7cnc8ccccc8c7)cc6)cc45)cc3)nc(-c3ccccc3)n2)cc1. The van der Waals surface area contributed by atoms with E-state index >= 15 is 0 Å². The molecule has 0 aliphatic carbocycles. The summed E-state index contributed by atoms with van der Waals surface area (Å²) in [4.78, 5) is 14.6. The van der Waals surface area contributed by atoms with Crippen LogP contribution in [0.15, 0.2) is 188 Å². The molecule has 3 heteroatoms. The van der Waals surface area contributed by atoms with Crippen molar-refractivity contribution in [3.8, 4) is 67.3 Å². The number of para-hydroxylation sites is 1. The Bertz CT molecular complexity index is 2550. The highest BCUT2D eigenvalue weighted by molar-refractivity contribution is 5.99. The Labute approximate surface area is 291 Å². The van der Waals surface area contributed by atoms with E-state index in [1.807, 2.05) is 54.7 Å². The molecule has 2 heterocycles. The lowest BCUT2D eigenvalue weighted by atomic mass is 9.93. The highest BCUT2D eigenvalue weighted by Crippen LogP contribution is 2.35. The van der Waals surface area contributed by atoms with E-state index in [-0.39, 0.29) is 0 Å². The number of fused-ring (bicyclic) bond motifs is 2. The summed E-state index contributed by atoms with van der Waals surface area (Å²) in [6.07, 6.45) is 1.96. The van der Waals surface area contributed by atoms with Crippen LogP contribution in [0.1, 0.15) is 0 Å². The van der Waals surface area contributed by atoms with Crippen LogP contribution in [0.4, 0.5) is 0 Å². The van der Waals surface area contributed by atoms with Gasteiger partial charge in [-0.25, -0.2) is 9.97 Å². The molecule has 0 unspecified atom stereocenters. The lowest BCUT2D eigenvalue weighted by molar-refractivity contribution is 1.18. The van der Waals surface area contributed by atoms with Crippen molar-refractivity contribution in [2.45, 2.75) is 0 Å². The van der Waals surface area contributed by atoms with E-state index in [0.717, 1.165) is 61.5 Å². The fourth-order valence-corrected chi connectivity index (χ4v) is 6.68. The van der Waals surface area contributed by atoms with E-state index in [1.54, 1.807) is 0 Å². The lowest BCUT2D eigenvalue weighted by Crippen LogP contribution is -1.95. The quantitative estimate of drug-likeness (QED) is 0.182. The molecule has 3 nitrogen and oxygen atoms in total. The van der Waals surface area contributed by atoms with Gasteiger partial charge in [0.15, 0.2) is 5.82 Å². The summed E-state index contributed by atoms with van der Waals surface area (Å²) in [5.41, 5.74) is 12.9. The van der Waals surface area contributed by atoms with Crippen LogP contribution in [0.25, 0.3) is 89.0 Å². The zero-order valence-corrected chi connectivity index (χ0v) is 27.2. The normalized spacial score (nSPS) is 11.2. The maximum Gasteiger partial charge on any atom is 0.160 e. The third-order valence-corrected chi connectivity index (χ3v) is 9.34. The number of rotatable bonds is 6. The van der Waals surface area contributed by atoms with Gasteiger partial charge < -0.3 is 0 Å². The summed E-state index contributed by atoms with van der Waals surface area (Å²) in [5, 5.41) is 3.58. The van der Waals surface area contributed by atoms with E-state index in [0.29, 0.717) is 0 Å². The Morgan fingerprint density at radius 2 is 0.880 bits per heavy atom. The fourth-order valence-electron chi connectivity index (χ4n) is 6.68. The van der Waals surface area contributed by atoms with Crippen LogP contribution >= 0.6 is 0 Å². The summed E-state index contributed by atoms with van der Waals surface area (Å²) in [6, 6.07) is 63.8. The van der Waals surface area contributed by atoms with Crippen molar-refractivity contribution in [1.82, 2.24) is 15.0 Å². The van der Waals surface area contributed by atoms with Crippen LogP contribution in [-0.4, -0.2) is 15.0 Å². The molecule has 0 amide bonds. The van der Waals surface area contributed by atoms with Crippen LogP contribution in [0, 0.1) is 0 Å². The lowest BCUT2D eigenvalue weighted by Gasteiger charge is -2.12. The molecule has 0 bridgehead atoms. The second-order valence-electron chi connectivity index (χ2n) is 12.5. The summed E-state index contributed by atoms with van der Waals surface area (Å²) >= 11 is 0. The molecular formula is C47H31N3. The number of hydrogen-bond acceptors (Lipinski definition) is 3. The maximum atomic E-state index is 5.02. The Hall–Kier alpha value is -6.71. The van der Waals surface area contributed by atoms with E-state index in [4.69, 9.17) is 9.97 Å². The van der Waals surface area contributed by atoms with Gasteiger partial charge in [-0.3, -0.25) is 4.98 Å². The van der Waals surface area contributed by atoms with Crippen LogP contribution in [0.2, 0.25) is 0 Å². The monoisotopic (exact) mass is 637 g/mol. The van der Waals surface area contributed by atoms with Gasteiger partial charge in [-0.15, -0.1) is 0 Å². The molecule has 9 rings (SSSR count). The molecule has 50 heavy (non-hydrogen) atoms. The number of aromatic nitrogens is 3. The van der Waals surface area contributed by atoms with Crippen LogP contribution < -0.4 is 0 Å². The van der Waals surface area contributed by atoms with Gasteiger partial charge in [0.05, 0.1) is 16.9 Å². The molecule has 0 saturated carbocycles. The van der Waals surface area contributed by atoms with Gasteiger partial charge in [-0.2, -0.15) is 0 Å². The molecule has 0 saturated heterocycles. The van der Waals surface area contributed by atoms with Gasteiger partial charge in [0.25, 0.3) is 0 Å². The van der Waals surface area contributed by atoms with Gasteiger partial charge in [0.1, 0.15) is 0 Å². The molecule has 9 aromatic rings. The minimum atomic E-state index is 0.717. The maximum absolute atomic E-state index is 5.02. The van der Waals surface area contributed by atoms with Gasteiger partial charge in [0.2, 0.25) is 0 Å². The highest BCUT2D eigenvalue weighted by atomic mass is 14.9. The van der Waals surface area contributed by atoms with Gasteiger partial charge in [-0.05, 0) is 62.9 Å². The molecule has 0 radical (unpaired) electrons. The number of hydrogen-bond donors (Lipinski definition) is 0. The zero-order valence-electron chi connectivity index (χ0n) is 27.2. The third-order valence-electron chi connectivity index (χ3n) is 9.34. The van der Waals surface area contributed by atoms with E-state index in [9.17, 15) is 0 Å². The highest BCUT2D eigenvalue weighted by Gasteiger charge is 2.12. The molecule has 0 spiro atoms.